The summed E-state index contributed by atoms with van der Waals surface area (Å²) in [5.41, 5.74) is 0. The van der Waals surface area contributed by atoms with Crippen LogP contribution in [0.4, 0.5) is 0 Å². The monoisotopic (exact) mass is 299 g/mol. The van der Waals surface area contributed by atoms with E-state index in [9.17, 15) is 4.79 Å². The molecule has 0 aliphatic heterocycles. The number of hydrogen-bond acceptors (Lipinski definition) is 3. The Hall–Kier alpha value is -0.610. The van der Waals surface area contributed by atoms with Crippen LogP contribution in [0.15, 0.2) is 0 Å². The highest BCUT2D eigenvalue weighted by Gasteiger charge is 2.20. The molecule has 1 saturated carbocycles. The molecule has 0 aromatic heterocycles. The van der Waals surface area contributed by atoms with Crippen LogP contribution in [-0.2, 0) is 9.53 Å². The summed E-state index contributed by atoms with van der Waals surface area (Å²) in [4.78, 5) is 13.2. The molecule has 124 valence electrons. The van der Waals surface area contributed by atoms with Crippen LogP contribution in [0.25, 0.3) is 0 Å². The van der Waals surface area contributed by atoms with Gasteiger partial charge in [-0.25, -0.2) is 0 Å². The Morgan fingerprint density at radius 1 is 1.00 bits per heavy atom. The second kappa shape index (κ2) is 12.0. The maximum Gasteiger partial charge on any atom is 0.317 e. The fourth-order valence-electron chi connectivity index (χ4n) is 3.28. The first kappa shape index (κ1) is 18.4. The number of nitrogens with zero attached hydrogens (tertiary/aromatic N) is 1. The molecule has 21 heavy (non-hydrogen) atoms. The smallest absolute Gasteiger partial charge is 0.317 e. The van der Waals surface area contributed by atoms with Crippen molar-refractivity contribution >= 4 is 5.97 Å². The van der Waals surface area contributed by atoms with E-state index in [1.807, 2.05) is 0 Å². The van der Waals surface area contributed by atoms with Gasteiger partial charge in [-0.2, -0.15) is 0 Å². The van der Waals surface area contributed by atoms with Crippen molar-refractivity contribution in [2.45, 2.75) is 76.7 Å². The van der Waals surface area contributed by atoms with E-state index in [4.69, 9.17) is 9.84 Å². The predicted octanol–water partition coefficient (Wildman–Crippen LogP) is 3.69. The Balaban J connectivity index is 2.53. The number of carboxylic acids is 1. The van der Waals surface area contributed by atoms with Crippen LogP contribution in [-0.4, -0.2) is 48.8 Å². The highest BCUT2D eigenvalue weighted by molar-refractivity contribution is 5.69. The topological polar surface area (TPSA) is 49.8 Å². The van der Waals surface area contributed by atoms with Gasteiger partial charge in [0.2, 0.25) is 0 Å². The van der Waals surface area contributed by atoms with Gasteiger partial charge in [0, 0.05) is 19.7 Å². The lowest BCUT2D eigenvalue weighted by Crippen LogP contribution is -2.41. The van der Waals surface area contributed by atoms with Gasteiger partial charge < -0.3 is 9.84 Å². The molecular formula is C17H33NO3. The summed E-state index contributed by atoms with van der Waals surface area (Å²) in [6.45, 7) is 1.49. The molecule has 1 aliphatic carbocycles. The summed E-state index contributed by atoms with van der Waals surface area (Å²) in [6, 6.07) is 0.413. The molecule has 0 bridgehead atoms. The number of methoxy groups -OCH3 is 1. The minimum absolute atomic E-state index is 0.147. The van der Waals surface area contributed by atoms with E-state index in [0.29, 0.717) is 12.6 Å². The van der Waals surface area contributed by atoms with E-state index >= 15 is 0 Å². The van der Waals surface area contributed by atoms with Gasteiger partial charge in [-0.1, -0.05) is 57.8 Å². The van der Waals surface area contributed by atoms with Crippen molar-refractivity contribution in [1.29, 1.82) is 0 Å². The SMILES string of the molecule is COCCN(CC(=O)O)C1CCCCCCCCCCC1. The molecule has 0 spiro atoms. The van der Waals surface area contributed by atoms with Crippen LogP contribution in [0.5, 0.6) is 0 Å². The van der Waals surface area contributed by atoms with Crippen LogP contribution >= 0.6 is 0 Å². The van der Waals surface area contributed by atoms with Crippen molar-refractivity contribution < 1.29 is 14.6 Å². The third-order valence-electron chi connectivity index (χ3n) is 4.51. The van der Waals surface area contributed by atoms with Crippen molar-refractivity contribution in [1.82, 2.24) is 4.90 Å². The standard InChI is InChI=1S/C17H33NO3/c1-21-14-13-18(15-17(19)20)16-11-9-7-5-3-2-4-6-8-10-12-16/h16H,2-15H2,1H3,(H,19,20). The van der Waals surface area contributed by atoms with Crippen LogP contribution < -0.4 is 0 Å². The summed E-state index contributed by atoms with van der Waals surface area (Å²) in [5, 5.41) is 9.14. The average Bonchev–Trinajstić information content (AvgIpc) is 2.44. The maximum absolute atomic E-state index is 11.1. The van der Waals surface area contributed by atoms with Crippen molar-refractivity contribution in [2.24, 2.45) is 0 Å². The first-order chi connectivity index (χ1) is 10.2. The molecule has 1 rings (SSSR count). The fourth-order valence-corrected chi connectivity index (χ4v) is 3.28. The van der Waals surface area contributed by atoms with Gasteiger partial charge >= 0.3 is 5.97 Å². The van der Waals surface area contributed by atoms with E-state index in [-0.39, 0.29) is 6.54 Å². The number of rotatable bonds is 6. The molecule has 1 N–H and O–H groups in total. The lowest BCUT2D eigenvalue weighted by Gasteiger charge is -2.30. The van der Waals surface area contributed by atoms with Crippen LogP contribution in [0.1, 0.15) is 70.6 Å². The Morgan fingerprint density at radius 3 is 1.90 bits per heavy atom. The molecule has 1 aliphatic rings. The zero-order valence-electron chi connectivity index (χ0n) is 13.7. The Bertz CT molecular complexity index is 259. The number of carbonyl (C=O) groups is 1. The van der Waals surface area contributed by atoms with Gasteiger partial charge in [0.15, 0.2) is 0 Å². The zero-order valence-corrected chi connectivity index (χ0v) is 13.7. The second-order valence-electron chi connectivity index (χ2n) is 6.27. The lowest BCUT2D eigenvalue weighted by atomic mass is 9.97. The highest BCUT2D eigenvalue weighted by Crippen LogP contribution is 2.20. The molecule has 0 atom stereocenters. The van der Waals surface area contributed by atoms with E-state index in [1.165, 1.54) is 57.8 Å². The van der Waals surface area contributed by atoms with Crippen molar-refractivity contribution in [3.05, 3.63) is 0 Å². The molecule has 4 heteroatoms. The Morgan fingerprint density at radius 2 is 1.48 bits per heavy atom. The largest absolute Gasteiger partial charge is 0.480 e. The van der Waals surface area contributed by atoms with Gasteiger partial charge in [0.05, 0.1) is 13.2 Å². The molecule has 1 fully saturated rings. The number of hydrogen-bond donors (Lipinski definition) is 1. The molecule has 0 amide bonds. The summed E-state index contributed by atoms with van der Waals surface area (Å²) >= 11 is 0. The summed E-state index contributed by atoms with van der Waals surface area (Å²) in [5.74, 6) is -0.725. The zero-order chi connectivity index (χ0) is 15.3. The minimum Gasteiger partial charge on any atom is -0.480 e. The second-order valence-corrected chi connectivity index (χ2v) is 6.27. The Labute approximate surface area is 129 Å². The van der Waals surface area contributed by atoms with E-state index in [2.05, 4.69) is 4.90 Å². The van der Waals surface area contributed by atoms with Gasteiger partial charge in [-0.05, 0) is 12.8 Å². The molecule has 0 heterocycles. The fraction of sp³-hybridized carbons (Fsp3) is 0.941. The quantitative estimate of drug-likeness (QED) is 0.812. The van der Waals surface area contributed by atoms with Gasteiger partial charge in [0.1, 0.15) is 0 Å². The number of carboxylic acid groups (broad SMARTS) is 1. The number of aliphatic carboxylic acids is 1. The van der Waals surface area contributed by atoms with E-state index in [1.54, 1.807) is 7.11 Å². The molecule has 0 aromatic rings. The first-order valence-electron chi connectivity index (χ1n) is 8.69. The van der Waals surface area contributed by atoms with Crippen LogP contribution in [0, 0.1) is 0 Å². The van der Waals surface area contributed by atoms with E-state index < -0.39 is 5.97 Å². The maximum atomic E-state index is 11.1. The third-order valence-corrected chi connectivity index (χ3v) is 4.51. The van der Waals surface area contributed by atoms with Crippen LogP contribution in [0.2, 0.25) is 0 Å². The van der Waals surface area contributed by atoms with Crippen molar-refractivity contribution in [2.75, 3.05) is 26.8 Å². The lowest BCUT2D eigenvalue weighted by molar-refractivity contribution is -0.139. The van der Waals surface area contributed by atoms with Gasteiger partial charge in [0.25, 0.3) is 0 Å². The molecule has 0 saturated heterocycles. The normalized spacial score (nSPS) is 19.9. The molecule has 0 unspecified atom stereocenters. The summed E-state index contributed by atoms with van der Waals surface area (Å²) < 4.78 is 5.15. The van der Waals surface area contributed by atoms with Crippen LogP contribution in [0.3, 0.4) is 0 Å². The summed E-state index contributed by atoms with van der Waals surface area (Å²) in [7, 11) is 1.68. The Kier molecular flexibility index (Phi) is 10.5. The van der Waals surface area contributed by atoms with Crippen molar-refractivity contribution in [3.63, 3.8) is 0 Å². The average molecular weight is 299 g/mol. The van der Waals surface area contributed by atoms with Crippen molar-refractivity contribution in [3.8, 4) is 0 Å². The summed E-state index contributed by atoms with van der Waals surface area (Å²) in [6.07, 6.45) is 14.1. The first-order valence-corrected chi connectivity index (χ1v) is 8.69. The molecule has 0 radical (unpaired) electrons. The number of ether oxygens (including phenoxy) is 1. The molecule has 0 aromatic carbocycles. The van der Waals surface area contributed by atoms with Gasteiger partial charge in [-0.3, -0.25) is 9.69 Å². The molecule has 4 nitrogen and oxygen atoms in total. The highest BCUT2D eigenvalue weighted by atomic mass is 16.5. The van der Waals surface area contributed by atoms with Gasteiger partial charge in [-0.15, -0.1) is 0 Å². The van der Waals surface area contributed by atoms with E-state index in [0.717, 1.165) is 19.4 Å². The predicted molar refractivity (Wildman–Crippen MR) is 85.7 cm³/mol. The third kappa shape index (κ3) is 9.10. The minimum atomic E-state index is -0.725. The molecular weight excluding hydrogens is 266 g/mol.